The van der Waals surface area contributed by atoms with Gasteiger partial charge in [0.1, 0.15) is 5.69 Å². The molecule has 1 heterocycles. The van der Waals surface area contributed by atoms with Crippen molar-refractivity contribution in [2.45, 2.75) is 26.8 Å². The second-order valence-electron chi connectivity index (χ2n) is 4.16. The fraction of sp³-hybridized carbons (Fsp3) is 0.583. The van der Waals surface area contributed by atoms with E-state index in [-0.39, 0.29) is 18.4 Å². The normalized spacial score (nSPS) is 12.5. The first-order chi connectivity index (χ1) is 8.08. The summed E-state index contributed by atoms with van der Waals surface area (Å²) in [6.07, 6.45) is 2.43. The van der Waals surface area contributed by atoms with Crippen LogP contribution in [0.1, 0.15) is 30.8 Å². The van der Waals surface area contributed by atoms with Crippen LogP contribution in [0, 0.1) is 5.92 Å². The highest BCUT2D eigenvalue weighted by molar-refractivity contribution is 6.31. The number of carbonyl (C=O) groups excluding carboxylic acids is 1. The number of carbonyl (C=O) groups is 1. The zero-order chi connectivity index (χ0) is 12.8. The molecule has 0 spiro atoms. The van der Waals surface area contributed by atoms with Crippen molar-refractivity contribution in [1.29, 1.82) is 0 Å². The quantitative estimate of drug-likeness (QED) is 0.819. The van der Waals surface area contributed by atoms with Crippen LogP contribution in [0.15, 0.2) is 12.3 Å². The van der Waals surface area contributed by atoms with E-state index in [1.165, 1.54) is 0 Å². The minimum absolute atomic E-state index is 0.122. The summed E-state index contributed by atoms with van der Waals surface area (Å²) in [5.41, 5.74) is 0.577. The van der Waals surface area contributed by atoms with Gasteiger partial charge in [-0.1, -0.05) is 18.5 Å². The molecule has 0 bridgehead atoms. The summed E-state index contributed by atoms with van der Waals surface area (Å²) in [5.74, 6) is 0.146. The van der Waals surface area contributed by atoms with E-state index in [0.717, 1.165) is 0 Å². The fourth-order valence-electron chi connectivity index (χ4n) is 1.61. The molecular formula is C12H19ClN2O2. The number of halogens is 1. The highest BCUT2D eigenvalue weighted by Gasteiger charge is 2.12. The molecule has 96 valence electrons. The lowest BCUT2D eigenvalue weighted by Gasteiger charge is -2.12. The summed E-state index contributed by atoms with van der Waals surface area (Å²) in [6.45, 7) is 5.37. The Bertz CT molecular complexity index is 377. The van der Waals surface area contributed by atoms with E-state index < -0.39 is 0 Å². The van der Waals surface area contributed by atoms with Crippen molar-refractivity contribution in [3.8, 4) is 0 Å². The van der Waals surface area contributed by atoms with Crippen molar-refractivity contribution in [2.75, 3.05) is 13.2 Å². The number of hydrogen-bond acceptors (Lipinski definition) is 2. The van der Waals surface area contributed by atoms with Crippen molar-refractivity contribution < 1.29 is 9.90 Å². The van der Waals surface area contributed by atoms with E-state index >= 15 is 0 Å². The lowest BCUT2D eigenvalue weighted by atomic mass is 10.1. The van der Waals surface area contributed by atoms with Gasteiger partial charge < -0.3 is 15.0 Å². The monoisotopic (exact) mass is 258 g/mol. The van der Waals surface area contributed by atoms with Crippen molar-refractivity contribution in [1.82, 2.24) is 9.88 Å². The van der Waals surface area contributed by atoms with Crippen LogP contribution in [-0.4, -0.2) is 28.7 Å². The zero-order valence-electron chi connectivity index (χ0n) is 10.2. The van der Waals surface area contributed by atoms with Crippen LogP contribution in [0.25, 0.3) is 0 Å². The molecule has 0 saturated carbocycles. The number of nitrogens with zero attached hydrogens (tertiary/aromatic N) is 1. The average Bonchev–Trinajstić information content (AvgIpc) is 2.68. The summed E-state index contributed by atoms with van der Waals surface area (Å²) in [7, 11) is 0. The van der Waals surface area contributed by atoms with E-state index in [1.54, 1.807) is 12.3 Å². The van der Waals surface area contributed by atoms with Gasteiger partial charge in [-0.15, -0.1) is 0 Å². The van der Waals surface area contributed by atoms with Crippen molar-refractivity contribution >= 4 is 17.5 Å². The van der Waals surface area contributed by atoms with E-state index in [2.05, 4.69) is 5.32 Å². The van der Waals surface area contributed by atoms with E-state index in [0.29, 0.717) is 30.2 Å². The maximum atomic E-state index is 11.9. The Hall–Kier alpha value is -1.00. The molecule has 1 amide bonds. The van der Waals surface area contributed by atoms with E-state index in [9.17, 15) is 4.79 Å². The molecular weight excluding hydrogens is 240 g/mol. The molecule has 5 heteroatoms. The molecule has 1 atom stereocenters. The molecule has 0 aromatic carbocycles. The molecule has 0 saturated heterocycles. The topological polar surface area (TPSA) is 54.3 Å². The number of aliphatic hydroxyl groups is 1. The summed E-state index contributed by atoms with van der Waals surface area (Å²) in [5, 5.41) is 12.2. The molecule has 0 aliphatic rings. The minimum Gasteiger partial charge on any atom is -0.396 e. The van der Waals surface area contributed by atoms with Crippen molar-refractivity contribution in [3.05, 3.63) is 23.0 Å². The van der Waals surface area contributed by atoms with E-state index in [1.807, 2.05) is 18.4 Å². The molecule has 1 unspecified atom stereocenters. The maximum Gasteiger partial charge on any atom is 0.267 e. The van der Waals surface area contributed by atoms with Gasteiger partial charge in [-0.25, -0.2) is 0 Å². The molecule has 0 radical (unpaired) electrons. The van der Waals surface area contributed by atoms with Crippen LogP contribution in [0.2, 0.25) is 5.02 Å². The number of rotatable bonds is 6. The number of hydrogen-bond donors (Lipinski definition) is 2. The van der Waals surface area contributed by atoms with Crippen LogP contribution >= 0.6 is 11.6 Å². The molecule has 0 aliphatic carbocycles. The van der Waals surface area contributed by atoms with Gasteiger partial charge in [0.25, 0.3) is 5.91 Å². The molecule has 4 nitrogen and oxygen atoms in total. The second-order valence-corrected chi connectivity index (χ2v) is 4.59. The van der Waals surface area contributed by atoms with Gasteiger partial charge in [0.2, 0.25) is 0 Å². The summed E-state index contributed by atoms with van der Waals surface area (Å²) in [4.78, 5) is 11.9. The van der Waals surface area contributed by atoms with Crippen molar-refractivity contribution in [3.63, 3.8) is 0 Å². The first-order valence-electron chi connectivity index (χ1n) is 5.83. The predicted molar refractivity (Wildman–Crippen MR) is 68.3 cm³/mol. The van der Waals surface area contributed by atoms with Crippen LogP contribution in [-0.2, 0) is 6.54 Å². The maximum absolute atomic E-state index is 11.9. The molecule has 2 N–H and O–H groups in total. The van der Waals surface area contributed by atoms with Crippen LogP contribution in [0.5, 0.6) is 0 Å². The summed E-state index contributed by atoms with van der Waals surface area (Å²) < 4.78 is 1.81. The fourth-order valence-corrected chi connectivity index (χ4v) is 1.83. The number of amides is 1. The van der Waals surface area contributed by atoms with Gasteiger partial charge in [-0.3, -0.25) is 4.79 Å². The summed E-state index contributed by atoms with van der Waals surface area (Å²) >= 11 is 5.87. The predicted octanol–water partition coefficient (Wildman–Crippen LogP) is 1.91. The largest absolute Gasteiger partial charge is 0.396 e. The highest BCUT2D eigenvalue weighted by Crippen LogP contribution is 2.14. The Morgan fingerprint density at radius 1 is 1.65 bits per heavy atom. The standard InChI is InChI=1S/C12H19ClN2O2/c1-3-15-8-10(13)6-11(15)12(17)14-7-9(2)4-5-16/h6,8-9,16H,3-5,7H2,1-2H3,(H,14,17). The Morgan fingerprint density at radius 3 is 2.94 bits per heavy atom. The smallest absolute Gasteiger partial charge is 0.267 e. The zero-order valence-corrected chi connectivity index (χ0v) is 11.0. The third-order valence-electron chi connectivity index (χ3n) is 2.67. The minimum atomic E-state index is -0.122. The first-order valence-corrected chi connectivity index (χ1v) is 6.21. The number of nitrogens with one attached hydrogen (secondary N) is 1. The average molecular weight is 259 g/mol. The van der Waals surface area contributed by atoms with Gasteiger partial charge in [0.05, 0.1) is 5.02 Å². The lowest BCUT2D eigenvalue weighted by Crippen LogP contribution is -2.30. The first kappa shape index (κ1) is 14.1. The van der Waals surface area contributed by atoms with Gasteiger partial charge in [0.15, 0.2) is 0 Å². The Morgan fingerprint density at radius 2 is 2.35 bits per heavy atom. The van der Waals surface area contributed by atoms with E-state index in [4.69, 9.17) is 16.7 Å². The van der Waals surface area contributed by atoms with Gasteiger partial charge in [0, 0.05) is 25.9 Å². The lowest BCUT2D eigenvalue weighted by molar-refractivity contribution is 0.0936. The van der Waals surface area contributed by atoms with Crippen LogP contribution in [0.3, 0.4) is 0 Å². The van der Waals surface area contributed by atoms with Crippen LogP contribution in [0.4, 0.5) is 0 Å². The molecule has 17 heavy (non-hydrogen) atoms. The number of aromatic nitrogens is 1. The Labute approximate surface area is 107 Å². The summed E-state index contributed by atoms with van der Waals surface area (Å²) in [6, 6.07) is 1.66. The third-order valence-corrected chi connectivity index (χ3v) is 2.88. The number of aliphatic hydroxyl groups excluding tert-OH is 1. The van der Waals surface area contributed by atoms with Crippen LogP contribution < -0.4 is 5.32 Å². The third kappa shape index (κ3) is 4.06. The van der Waals surface area contributed by atoms with Gasteiger partial charge >= 0.3 is 0 Å². The molecule has 1 aromatic heterocycles. The van der Waals surface area contributed by atoms with Gasteiger partial charge in [-0.2, -0.15) is 0 Å². The van der Waals surface area contributed by atoms with Gasteiger partial charge in [-0.05, 0) is 25.3 Å². The molecule has 0 aliphatic heterocycles. The molecule has 0 fully saturated rings. The Balaban J connectivity index is 2.57. The highest BCUT2D eigenvalue weighted by atomic mass is 35.5. The SMILES string of the molecule is CCn1cc(Cl)cc1C(=O)NCC(C)CCO. The Kier molecular flexibility index (Phi) is 5.51. The molecule has 1 aromatic rings. The van der Waals surface area contributed by atoms with Crippen molar-refractivity contribution in [2.24, 2.45) is 5.92 Å². The number of aryl methyl sites for hydroxylation is 1. The molecule has 1 rings (SSSR count). The second kappa shape index (κ2) is 6.67.